The standard InChI is InChI=1S/C15H26N2OS/c1-11-6-5-7-15(9-11,18-4)14(16-3)8-13-10-19-12(2)17-13/h10-11,14,16H,5-9H2,1-4H3. The summed E-state index contributed by atoms with van der Waals surface area (Å²) in [6, 6.07) is 0.349. The number of nitrogens with one attached hydrogen (secondary N) is 1. The van der Waals surface area contributed by atoms with Gasteiger partial charge >= 0.3 is 0 Å². The third-order valence-electron chi connectivity index (χ3n) is 4.46. The third-order valence-corrected chi connectivity index (χ3v) is 5.28. The lowest BCUT2D eigenvalue weighted by Gasteiger charge is -2.44. The molecule has 1 N–H and O–H groups in total. The second-order valence-corrected chi connectivity index (χ2v) is 6.94. The molecule has 108 valence electrons. The van der Waals surface area contributed by atoms with Crippen molar-refractivity contribution in [3.05, 3.63) is 16.1 Å². The van der Waals surface area contributed by atoms with Crippen LogP contribution < -0.4 is 5.32 Å². The Bertz CT molecular complexity index is 407. The molecule has 0 saturated heterocycles. The van der Waals surface area contributed by atoms with Crippen LogP contribution >= 0.6 is 11.3 Å². The van der Waals surface area contributed by atoms with Crippen LogP contribution in [0, 0.1) is 12.8 Å². The van der Waals surface area contributed by atoms with Gasteiger partial charge in [0.15, 0.2) is 0 Å². The molecule has 3 nitrogen and oxygen atoms in total. The lowest BCUT2D eigenvalue weighted by atomic mass is 9.73. The number of thiazole rings is 1. The number of aryl methyl sites for hydroxylation is 1. The molecule has 1 heterocycles. The van der Waals surface area contributed by atoms with Crippen LogP contribution in [0.1, 0.15) is 43.3 Å². The van der Waals surface area contributed by atoms with E-state index in [0.717, 1.165) is 30.2 Å². The Kier molecular flexibility index (Phi) is 4.98. The van der Waals surface area contributed by atoms with Gasteiger partial charge in [-0.05, 0) is 32.7 Å². The van der Waals surface area contributed by atoms with Gasteiger partial charge < -0.3 is 10.1 Å². The molecule has 19 heavy (non-hydrogen) atoms. The molecule has 1 aromatic heterocycles. The van der Waals surface area contributed by atoms with Gasteiger partial charge in [-0.2, -0.15) is 0 Å². The first kappa shape index (κ1) is 14.9. The fraction of sp³-hybridized carbons (Fsp3) is 0.800. The van der Waals surface area contributed by atoms with Gasteiger partial charge in [0, 0.05) is 25.0 Å². The Hall–Kier alpha value is -0.450. The topological polar surface area (TPSA) is 34.2 Å². The Labute approximate surface area is 120 Å². The number of aromatic nitrogens is 1. The molecule has 0 amide bonds. The summed E-state index contributed by atoms with van der Waals surface area (Å²) in [5, 5.41) is 6.80. The summed E-state index contributed by atoms with van der Waals surface area (Å²) in [5.74, 6) is 0.752. The van der Waals surface area contributed by atoms with Crippen LogP contribution in [0.2, 0.25) is 0 Å². The van der Waals surface area contributed by atoms with Gasteiger partial charge in [0.05, 0.1) is 16.3 Å². The normalized spacial score (nSPS) is 29.4. The zero-order chi connectivity index (χ0) is 13.9. The van der Waals surface area contributed by atoms with E-state index in [0.29, 0.717) is 6.04 Å². The minimum atomic E-state index is -0.0239. The number of hydrogen-bond donors (Lipinski definition) is 1. The van der Waals surface area contributed by atoms with Gasteiger partial charge in [0.1, 0.15) is 0 Å². The second kappa shape index (κ2) is 6.33. The molecule has 0 spiro atoms. The Morgan fingerprint density at radius 3 is 2.95 bits per heavy atom. The summed E-state index contributed by atoms with van der Waals surface area (Å²) in [6.45, 7) is 4.41. The van der Waals surface area contributed by atoms with Crippen molar-refractivity contribution >= 4 is 11.3 Å². The molecule has 1 aromatic rings. The lowest BCUT2D eigenvalue weighted by molar-refractivity contribution is -0.0777. The minimum absolute atomic E-state index is 0.0239. The van der Waals surface area contributed by atoms with E-state index in [-0.39, 0.29) is 5.60 Å². The minimum Gasteiger partial charge on any atom is -0.377 e. The number of rotatable bonds is 5. The van der Waals surface area contributed by atoms with Gasteiger partial charge in [0.2, 0.25) is 0 Å². The van der Waals surface area contributed by atoms with E-state index in [9.17, 15) is 0 Å². The fourth-order valence-corrected chi connectivity index (χ4v) is 4.08. The molecule has 1 saturated carbocycles. The Balaban J connectivity index is 2.13. The van der Waals surface area contributed by atoms with Crippen molar-refractivity contribution in [2.75, 3.05) is 14.2 Å². The van der Waals surface area contributed by atoms with Crippen LogP contribution in [0.4, 0.5) is 0 Å². The van der Waals surface area contributed by atoms with Crippen LogP contribution in [-0.4, -0.2) is 30.8 Å². The van der Waals surface area contributed by atoms with E-state index >= 15 is 0 Å². The SMILES string of the molecule is CNC(Cc1csc(C)n1)C1(OC)CCCC(C)C1. The zero-order valence-electron chi connectivity index (χ0n) is 12.5. The highest BCUT2D eigenvalue weighted by atomic mass is 32.1. The molecular formula is C15H26N2OS. The van der Waals surface area contributed by atoms with Crippen LogP contribution in [-0.2, 0) is 11.2 Å². The number of ether oxygens (including phenoxy) is 1. The maximum Gasteiger partial charge on any atom is 0.0897 e. The molecule has 0 bridgehead atoms. The van der Waals surface area contributed by atoms with Crippen molar-refractivity contribution in [1.29, 1.82) is 0 Å². The van der Waals surface area contributed by atoms with Crippen LogP contribution in [0.5, 0.6) is 0 Å². The summed E-state index contributed by atoms with van der Waals surface area (Å²) < 4.78 is 5.99. The summed E-state index contributed by atoms with van der Waals surface area (Å²) in [7, 11) is 3.92. The molecule has 0 aliphatic heterocycles. The van der Waals surface area contributed by atoms with E-state index in [1.807, 2.05) is 14.2 Å². The second-order valence-electron chi connectivity index (χ2n) is 5.87. The number of hydrogen-bond acceptors (Lipinski definition) is 4. The highest BCUT2D eigenvalue weighted by molar-refractivity contribution is 7.09. The molecule has 1 fully saturated rings. The maximum absolute atomic E-state index is 5.99. The fourth-order valence-electron chi connectivity index (χ4n) is 3.45. The Morgan fingerprint density at radius 1 is 1.63 bits per heavy atom. The first-order chi connectivity index (χ1) is 9.09. The Morgan fingerprint density at radius 2 is 2.42 bits per heavy atom. The lowest BCUT2D eigenvalue weighted by Crippen LogP contribution is -2.54. The molecule has 0 aromatic carbocycles. The van der Waals surface area contributed by atoms with E-state index in [2.05, 4.69) is 29.5 Å². The highest BCUT2D eigenvalue weighted by Crippen LogP contribution is 2.38. The maximum atomic E-state index is 5.99. The molecule has 4 heteroatoms. The number of methoxy groups -OCH3 is 1. The molecular weight excluding hydrogens is 256 g/mol. The van der Waals surface area contributed by atoms with Crippen molar-refractivity contribution < 1.29 is 4.74 Å². The number of nitrogens with zero attached hydrogens (tertiary/aromatic N) is 1. The van der Waals surface area contributed by atoms with Gasteiger partial charge in [-0.25, -0.2) is 4.98 Å². The van der Waals surface area contributed by atoms with Gasteiger partial charge in [0.25, 0.3) is 0 Å². The van der Waals surface area contributed by atoms with Crippen LogP contribution in [0.25, 0.3) is 0 Å². The first-order valence-electron chi connectivity index (χ1n) is 7.23. The van der Waals surface area contributed by atoms with Crippen molar-refractivity contribution in [3.63, 3.8) is 0 Å². The summed E-state index contributed by atoms with van der Waals surface area (Å²) >= 11 is 1.73. The van der Waals surface area contributed by atoms with E-state index in [1.165, 1.54) is 18.5 Å². The molecule has 1 aliphatic carbocycles. The average Bonchev–Trinajstić information content (AvgIpc) is 2.81. The zero-order valence-corrected chi connectivity index (χ0v) is 13.3. The summed E-state index contributed by atoms with van der Waals surface area (Å²) in [5.41, 5.74) is 1.17. The van der Waals surface area contributed by atoms with Crippen LogP contribution in [0.15, 0.2) is 5.38 Å². The molecule has 2 rings (SSSR count). The summed E-state index contributed by atoms with van der Waals surface area (Å²) in [4.78, 5) is 4.60. The molecule has 0 radical (unpaired) electrons. The monoisotopic (exact) mass is 282 g/mol. The molecule has 3 atom stereocenters. The predicted octanol–water partition coefficient (Wildman–Crippen LogP) is 3.18. The third kappa shape index (κ3) is 3.36. The smallest absolute Gasteiger partial charge is 0.0897 e. The first-order valence-corrected chi connectivity index (χ1v) is 8.11. The van der Waals surface area contributed by atoms with E-state index in [1.54, 1.807) is 11.3 Å². The van der Waals surface area contributed by atoms with Crippen molar-refractivity contribution in [2.45, 2.75) is 57.6 Å². The van der Waals surface area contributed by atoms with E-state index in [4.69, 9.17) is 4.74 Å². The molecule has 3 unspecified atom stereocenters. The van der Waals surface area contributed by atoms with E-state index < -0.39 is 0 Å². The van der Waals surface area contributed by atoms with Gasteiger partial charge in [-0.3, -0.25) is 0 Å². The highest BCUT2D eigenvalue weighted by Gasteiger charge is 2.41. The van der Waals surface area contributed by atoms with Crippen molar-refractivity contribution in [3.8, 4) is 0 Å². The van der Waals surface area contributed by atoms with Gasteiger partial charge in [-0.1, -0.05) is 19.8 Å². The predicted molar refractivity (Wildman–Crippen MR) is 80.8 cm³/mol. The molecule has 1 aliphatic rings. The van der Waals surface area contributed by atoms with Gasteiger partial charge in [-0.15, -0.1) is 11.3 Å². The largest absolute Gasteiger partial charge is 0.377 e. The average molecular weight is 282 g/mol. The quantitative estimate of drug-likeness (QED) is 0.900. The van der Waals surface area contributed by atoms with Crippen molar-refractivity contribution in [2.24, 2.45) is 5.92 Å². The van der Waals surface area contributed by atoms with Crippen LogP contribution in [0.3, 0.4) is 0 Å². The summed E-state index contributed by atoms with van der Waals surface area (Å²) in [6.07, 6.45) is 5.86. The van der Waals surface area contributed by atoms with Crippen molar-refractivity contribution in [1.82, 2.24) is 10.3 Å². The number of likely N-dealkylation sites (N-methyl/N-ethyl adjacent to an activating group) is 1.